The maximum Gasteiger partial charge on any atom is 0.0236 e. The van der Waals surface area contributed by atoms with Crippen molar-refractivity contribution < 1.29 is 4.11 Å². The van der Waals surface area contributed by atoms with E-state index in [0.717, 1.165) is 25.7 Å². The minimum Gasteiger partial charge on any atom is -0.0599 e. The molecule has 48 valence electrons. The zero-order valence-electron chi connectivity index (χ0n) is 8.54. The number of hydrogen-bond donors (Lipinski definition) is 0. The first kappa shape index (κ1) is 3.24. The van der Waals surface area contributed by atoms with E-state index >= 15 is 0 Å². The fourth-order valence-electron chi connectivity index (χ4n) is 1.33. The van der Waals surface area contributed by atoms with Crippen molar-refractivity contribution in [2.24, 2.45) is 5.41 Å². The number of rotatable bonds is 0. The third-order valence-electron chi connectivity index (χ3n) is 1.96. The monoisotopic (exact) mass is 115 g/mol. The third-order valence-corrected chi connectivity index (χ3v) is 1.96. The molecule has 0 aromatic heterocycles. The molecule has 0 N–H and O–H groups in total. The van der Waals surface area contributed by atoms with Crippen molar-refractivity contribution in [1.29, 1.82) is 0 Å². The van der Waals surface area contributed by atoms with E-state index in [1.54, 1.807) is 0 Å². The molecule has 1 rings (SSSR count). The molecule has 0 heterocycles. The van der Waals surface area contributed by atoms with Gasteiger partial charge >= 0.3 is 0 Å². The summed E-state index contributed by atoms with van der Waals surface area (Å²) in [6.45, 7) is 0.159. The van der Waals surface area contributed by atoms with Crippen molar-refractivity contribution in [2.45, 2.75) is 45.9 Å². The normalized spacial score (nSPS) is 34.9. The average Bonchev–Trinajstić information content (AvgIpc) is 1.87. The van der Waals surface area contributed by atoms with Gasteiger partial charge in [-0.2, -0.15) is 0 Å². The van der Waals surface area contributed by atoms with Crippen molar-refractivity contribution in [3.63, 3.8) is 0 Å². The minimum absolute atomic E-state index is 0.384. The summed E-state index contributed by atoms with van der Waals surface area (Å²) in [7, 11) is 0. The Morgan fingerprint density at radius 3 is 2.25 bits per heavy atom. The first-order chi connectivity index (χ1) is 4.96. The van der Waals surface area contributed by atoms with Gasteiger partial charge < -0.3 is 0 Å². The van der Waals surface area contributed by atoms with Gasteiger partial charge in [0.15, 0.2) is 0 Å². The Balaban J connectivity index is 2.64. The van der Waals surface area contributed by atoms with Crippen LogP contribution in [-0.4, -0.2) is 0 Å². The van der Waals surface area contributed by atoms with Crippen LogP contribution in [0.25, 0.3) is 0 Å². The molecule has 0 atom stereocenters. The standard InChI is InChI=1S/C8H16/c1-8(2)6-4-3-5-7-8/h3-7H2,1-2H3/i1D3. The van der Waals surface area contributed by atoms with Crippen LogP contribution >= 0.6 is 0 Å². The third kappa shape index (κ3) is 1.50. The summed E-state index contributed by atoms with van der Waals surface area (Å²) in [5.74, 6) is 0. The summed E-state index contributed by atoms with van der Waals surface area (Å²) < 4.78 is 22.1. The van der Waals surface area contributed by atoms with Crippen molar-refractivity contribution in [3.05, 3.63) is 0 Å². The fourth-order valence-corrected chi connectivity index (χ4v) is 1.33. The largest absolute Gasteiger partial charge is 0.0599 e. The van der Waals surface area contributed by atoms with Crippen LogP contribution in [-0.2, 0) is 0 Å². The summed E-state index contributed by atoms with van der Waals surface area (Å²) in [5.41, 5.74) is -0.384. The van der Waals surface area contributed by atoms with Gasteiger partial charge in [0.05, 0.1) is 0 Å². The Bertz CT molecular complexity index is 131. The Labute approximate surface area is 56.5 Å². The number of hydrogen-bond acceptors (Lipinski definition) is 0. The van der Waals surface area contributed by atoms with E-state index in [9.17, 15) is 0 Å². The lowest BCUT2D eigenvalue weighted by Crippen LogP contribution is -2.14. The van der Waals surface area contributed by atoms with Gasteiger partial charge in [0.2, 0.25) is 0 Å². The second-order valence-corrected chi connectivity index (χ2v) is 3.12. The van der Waals surface area contributed by atoms with Gasteiger partial charge in [-0.1, -0.05) is 33.0 Å². The van der Waals surface area contributed by atoms with E-state index in [4.69, 9.17) is 4.11 Å². The molecule has 0 heteroatoms. The average molecular weight is 115 g/mol. The Morgan fingerprint density at radius 2 is 1.88 bits per heavy atom. The van der Waals surface area contributed by atoms with E-state index < -0.39 is 6.85 Å². The van der Waals surface area contributed by atoms with Crippen molar-refractivity contribution in [3.8, 4) is 0 Å². The zero-order valence-corrected chi connectivity index (χ0v) is 5.54. The molecule has 0 nitrogen and oxygen atoms in total. The van der Waals surface area contributed by atoms with Crippen LogP contribution in [0.2, 0.25) is 0 Å². The molecular weight excluding hydrogens is 96.1 g/mol. The SMILES string of the molecule is [2H]C([2H])([2H])C1(C)CCCCC1. The first-order valence-corrected chi connectivity index (χ1v) is 3.46. The molecular formula is C8H16. The smallest absolute Gasteiger partial charge is 0.0236 e. The van der Waals surface area contributed by atoms with E-state index in [0.29, 0.717) is 0 Å². The fraction of sp³-hybridized carbons (Fsp3) is 1.00. The molecule has 1 saturated carbocycles. The topological polar surface area (TPSA) is 0 Å². The van der Waals surface area contributed by atoms with Crippen molar-refractivity contribution in [2.75, 3.05) is 0 Å². The second-order valence-electron chi connectivity index (χ2n) is 3.12. The summed E-state index contributed by atoms with van der Waals surface area (Å²) in [6.07, 6.45) is 5.16. The predicted octanol–water partition coefficient (Wildman–Crippen LogP) is 2.98. The van der Waals surface area contributed by atoms with Crippen molar-refractivity contribution >= 4 is 0 Å². The molecule has 0 saturated heterocycles. The lowest BCUT2D eigenvalue weighted by Gasteiger charge is -2.28. The van der Waals surface area contributed by atoms with E-state index in [-0.39, 0.29) is 5.41 Å². The van der Waals surface area contributed by atoms with Gasteiger partial charge in [-0.3, -0.25) is 0 Å². The molecule has 0 radical (unpaired) electrons. The molecule has 1 aliphatic rings. The molecule has 8 heavy (non-hydrogen) atoms. The van der Waals surface area contributed by atoms with E-state index in [1.807, 2.05) is 6.92 Å². The Kier molecular flexibility index (Phi) is 0.843. The van der Waals surface area contributed by atoms with E-state index in [2.05, 4.69) is 0 Å². The lowest BCUT2D eigenvalue weighted by atomic mass is 9.78. The van der Waals surface area contributed by atoms with Crippen LogP contribution in [0.5, 0.6) is 0 Å². The predicted molar refractivity (Wildman–Crippen MR) is 36.9 cm³/mol. The zero-order chi connectivity index (χ0) is 8.54. The van der Waals surface area contributed by atoms with Crippen LogP contribution in [0.3, 0.4) is 0 Å². The highest BCUT2D eigenvalue weighted by Gasteiger charge is 2.19. The molecule has 0 aromatic rings. The summed E-state index contributed by atoms with van der Waals surface area (Å²) >= 11 is 0. The molecule has 1 aliphatic carbocycles. The first-order valence-electron chi connectivity index (χ1n) is 4.96. The minimum atomic E-state index is -1.74. The molecule has 0 spiro atoms. The van der Waals surface area contributed by atoms with Gasteiger partial charge in [0.25, 0.3) is 0 Å². The van der Waals surface area contributed by atoms with Crippen LogP contribution in [0.4, 0.5) is 0 Å². The molecule has 1 fully saturated rings. The highest BCUT2D eigenvalue weighted by atomic mass is 14.3. The molecule has 0 unspecified atom stereocenters. The quantitative estimate of drug-likeness (QED) is 0.455. The maximum atomic E-state index is 7.36. The molecule has 0 aliphatic heterocycles. The van der Waals surface area contributed by atoms with Crippen LogP contribution in [0.1, 0.15) is 50.0 Å². The lowest BCUT2D eigenvalue weighted by molar-refractivity contribution is 0.244. The van der Waals surface area contributed by atoms with Gasteiger partial charge in [0.1, 0.15) is 0 Å². The van der Waals surface area contributed by atoms with Gasteiger partial charge in [0, 0.05) is 4.11 Å². The van der Waals surface area contributed by atoms with Crippen molar-refractivity contribution in [1.82, 2.24) is 0 Å². The molecule has 0 amide bonds. The molecule has 0 aromatic carbocycles. The Morgan fingerprint density at radius 1 is 1.25 bits per heavy atom. The van der Waals surface area contributed by atoms with E-state index in [1.165, 1.54) is 6.42 Å². The maximum absolute atomic E-state index is 7.36. The van der Waals surface area contributed by atoms with Gasteiger partial charge in [-0.15, -0.1) is 0 Å². The molecule has 0 bridgehead atoms. The second kappa shape index (κ2) is 2.08. The summed E-state index contributed by atoms with van der Waals surface area (Å²) in [4.78, 5) is 0. The Hall–Kier alpha value is 0. The van der Waals surface area contributed by atoms with Gasteiger partial charge in [-0.25, -0.2) is 0 Å². The van der Waals surface area contributed by atoms with Gasteiger partial charge in [-0.05, 0) is 18.3 Å². The summed E-state index contributed by atoms with van der Waals surface area (Å²) in [5, 5.41) is 0. The summed E-state index contributed by atoms with van der Waals surface area (Å²) in [6, 6.07) is 0. The van der Waals surface area contributed by atoms with Crippen LogP contribution in [0.15, 0.2) is 0 Å². The van der Waals surface area contributed by atoms with Crippen LogP contribution in [0, 0.1) is 5.41 Å². The highest BCUT2D eigenvalue weighted by Crippen LogP contribution is 2.34. The van der Waals surface area contributed by atoms with Crippen LogP contribution < -0.4 is 0 Å². The highest BCUT2D eigenvalue weighted by molar-refractivity contribution is 4.72.